The van der Waals surface area contributed by atoms with Crippen LogP contribution in [0.5, 0.6) is 5.75 Å². The average molecular weight is 509 g/mol. The Bertz CT molecular complexity index is 1330. The van der Waals surface area contributed by atoms with E-state index in [0.717, 1.165) is 22.9 Å². The molecule has 0 spiro atoms. The smallest absolute Gasteiger partial charge is 0.406 e. The summed E-state index contributed by atoms with van der Waals surface area (Å²) in [6.45, 7) is 0.195. The van der Waals surface area contributed by atoms with Crippen molar-refractivity contribution in [2.75, 3.05) is 11.6 Å². The number of hydrogen-bond acceptors (Lipinski definition) is 4. The van der Waals surface area contributed by atoms with Crippen LogP contribution in [0.25, 0.3) is 11.1 Å². The van der Waals surface area contributed by atoms with Crippen molar-refractivity contribution in [1.82, 2.24) is 4.72 Å². The fraction of sp³-hybridized carbons (Fsp3) is 0.240. The van der Waals surface area contributed by atoms with Crippen LogP contribution in [-0.4, -0.2) is 26.9 Å². The maximum Gasteiger partial charge on any atom is 0.573 e. The number of carbonyl (C=O) groups is 1. The van der Waals surface area contributed by atoms with Gasteiger partial charge in [0.05, 0.1) is 11.7 Å². The first-order valence-electron chi connectivity index (χ1n) is 10.8. The molecule has 188 valence electrons. The van der Waals surface area contributed by atoms with Crippen molar-refractivity contribution in [2.45, 2.75) is 31.2 Å². The lowest BCUT2D eigenvalue weighted by Crippen LogP contribution is -2.27. The highest BCUT2D eigenvalue weighted by atomic mass is 32.2. The number of hydrogen-bond donors (Lipinski definition) is 2. The molecular formula is C25H27F3N2O4S. The molecule has 0 atom stereocenters. The van der Waals surface area contributed by atoms with Crippen molar-refractivity contribution < 1.29 is 34.0 Å². The van der Waals surface area contributed by atoms with Gasteiger partial charge in [-0.1, -0.05) is 48.5 Å². The molecule has 1 aliphatic carbocycles. The van der Waals surface area contributed by atoms with E-state index in [1.165, 1.54) is 24.3 Å². The Kier molecular flexibility index (Phi) is 6.61. The van der Waals surface area contributed by atoms with Crippen LogP contribution in [0.3, 0.4) is 0 Å². The zero-order valence-electron chi connectivity index (χ0n) is 18.7. The quantitative estimate of drug-likeness (QED) is 0.423. The molecule has 1 aliphatic rings. The summed E-state index contributed by atoms with van der Waals surface area (Å²) in [7, 11) is -3.28. The van der Waals surface area contributed by atoms with Crippen LogP contribution in [0.2, 0.25) is 0 Å². The van der Waals surface area contributed by atoms with Crippen molar-refractivity contribution in [2.24, 2.45) is 0 Å². The van der Waals surface area contributed by atoms with E-state index in [0.29, 0.717) is 24.1 Å². The minimum atomic E-state index is -4.77. The number of anilines is 1. The number of sulfonamides is 1. The number of nitrogens with one attached hydrogen (secondary N) is 2. The van der Waals surface area contributed by atoms with Gasteiger partial charge in [0.2, 0.25) is 15.9 Å². The van der Waals surface area contributed by atoms with Crippen molar-refractivity contribution in [3.05, 3.63) is 83.9 Å². The summed E-state index contributed by atoms with van der Waals surface area (Å²) in [5.41, 5.74) is 3.03. The summed E-state index contributed by atoms with van der Waals surface area (Å²) in [6.07, 6.45) is -2.47. The molecule has 0 unspecified atom stereocenters. The number of benzene rings is 3. The highest BCUT2D eigenvalue weighted by Crippen LogP contribution is 2.49. The molecule has 4 rings (SSSR count). The molecule has 0 aliphatic heterocycles. The van der Waals surface area contributed by atoms with Gasteiger partial charge in [0.25, 0.3) is 0 Å². The molecule has 3 aromatic carbocycles. The molecule has 2 N–H and O–H groups in total. The van der Waals surface area contributed by atoms with Crippen molar-refractivity contribution in [3.63, 3.8) is 0 Å². The third-order valence-corrected chi connectivity index (χ3v) is 6.44. The Morgan fingerprint density at radius 3 is 2.23 bits per heavy atom. The number of halogens is 3. The Hall–Kier alpha value is -3.37. The maximum atomic E-state index is 13.1. The highest BCUT2D eigenvalue weighted by Gasteiger charge is 2.51. The van der Waals surface area contributed by atoms with Gasteiger partial charge in [0.15, 0.2) is 0 Å². The van der Waals surface area contributed by atoms with E-state index in [2.05, 4.69) is 14.8 Å². The molecule has 10 heteroatoms. The minimum Gasteiger partial charge on any atom is -0.406 e. The molecule has 35 heavy (non-hydrogen) atoms. The third kappa shape index (κ3) is 6.40. The summed E-state index contributed by atoms with van der Waals surface area (Å²) < 4.78 is 66.1. The number of rotatable bonds is 8. The van der Waals surface area contributed by atoms with E-state index >= 15 is 0 Å². The zero-order valence-corrected chi connectivity index (χ0v) is 19.5. The molecule has 1 amide bonds. The molecule has 1 fully saturated rings. The van der Waals surface area contributed by atoms with Crippen LogP contribution in [0.4, 0.5) is 18.9 Å². The van der Waals surface area contributed by atoms with E-state index in [1.54, 1.807) is 6.07 Å². The summed E-state index contributed by atoms with van der Waals surface area (Å²) in [5.74, 6) is -0.551. The van der Waals surface area contributed by atoms with Gasteiger partial charge in [-0.15, -0.1) is 13.2 Å². The van der Waals surface area contributed by atoms with E-state index in [1.807, 2.05) is 42.5 Å². The molecule has 6 nitrogen and oxygen atoms in total. The fourth-order valence-corrected chi connectivity index (χ4v) is 4.23. The summed E-state index contributed by atoms with van der Waals surface area (Å²) >= 11 is 0. The number of carbonyl (C=O) groups excluding carboxylic acids is 1. The standard InChI is InChI=1S/C25H23F3N2O4S.2H2/c1-35(32,33)29-16-17-5-7-18(8-6-17)19-3-2-4-21(15-19)30-23(31)24(13-14-24)20-9-11-22(12-10-20)34-25(26,27)28;;/h2-12,15,29H,13-14,16H2,1H3,(H,30,31);2*1H. The molecule has 0 saturated heterocycles. The highest BCUT2D eigenvalue weighted by molar-refractivity contribution is 7.88. The second kappa shape index (κ2) is 9.35. The lowest BCUT2D eigenvalue weighted by molar-refractivity contribution is -0.274. The summed E-state index contributed by atoms with van der Waals surface area (Å²) in [5, 5.41) is 2.93. The first-order valence-corrected chi connectivity index (χ1v) is 12.6. The van der Waals surface area contributed by atoms with Crippen LogP contribution in [-0.2, 0) is 26.8 Å². The first kappa shape index (κ1) is 24.7. The van der Waals surface area contributed by atoms with Crippen molar-refractivity contribution >= 4 is 21.6 Å². The van der Waals surface area contributed by atoms with E-state index in [9.17, 15) is 26.4 Å². The molecule has 0 heterocycles. The van der Waals surface area contributed by atoms with Gasteiger partial charge in [-0.05, 0) is 59.4 Å². The van der Waals surface area contributed by atoms with Gasteiger partial charge < -0.3 is 10.1 Å². The third-order valence-electron chi connectivity index (χ3n) is 5.77. The molecule has 1 saturated carbocycles. The minimum absolute atomic E-state index is 0. The van der Waals surface area contributed by atoms with Crippen LogP contribution in [0, 0.1) is 0 Å². The molecular weight excluding hydrogens is 481 g/mol. The van der Waals surface area contributed by atoms with E-state index in [-0.39, 0.29) is 21.1 Å². The average Bonchev–Trinajstić information content (AvgIpc) is 3.59. The van der Waals surface area contributed by atoms with Crippen LogP contribution in [0.1, 0.15) is 26.8 Å². The Balaban J connectivity index is 0.00000241. The van der Waals surface area contributed by atoms with Gasteiger partial charge in [0, 0.05) is 15.1 Å². The maximum absolute atomic E-state index is 13.1. The molecule has 0 bridgehead atoms. The van der Waals surface area contributed by atoms with Gasteiger partial charge in [-0.3, -0.25) is 4.79 Å². The summed E-state index contributed by atoms with van der Waals surface area (Å²) in [4.78, 5) is 13.1. The lowest BCUT2D eigenvalue weighted by atomic mass is 9.94. The molecule has 0 aromatic heterocycles. The van der Waals surface area contributed by atoms with Crippen molar-refractivity contribution in [3.8, 4) is 16.9 Å². The van der Waals surface area contributed by atoms with Crippen LogP contribution >= 0.6 is 0 Å². The van der Waals surface area contributed by atoms with Gasteiger partial charge in [-0.2, -0.15) is 0 Å². The lowest BCUT2D eigenvalue weighted by Gasteiger charge is -2.17. The fourth-order valence-electron chi connectivity index (χ4n) is 3.80. The van der Waals surface area contributed by atoms with Crippen LogP contribution < -0.4 is 14.8 Å². The number of ether oxygens (including phenoxy) is 1. The van der Waals surface area contributed by atoms with Crippen LogP contribution in [0.15, 0.2) is 72.8 Å². The Labute approximate surface area is 204 Å². The zero-order chi connectivity index (χ0) is 25.3. The Morgan fingerprint density at radius 1 is 1.00 bits per heavy atom. The monoisotopic (exact) mass is 508 g/mol. The predicted octanol–water partition coefficient (Wildman–Crippen LogP) is 5.46. The molecule has 3 aromatic rings. The second-order valence-electron chi connectivity index (χ2n) is 8.48. The number of amides is 1. The second-order valence-corrected chi connectivity index (χ2v) is 10.3. The first-order chi connectivity index (χ1) is 16.4. The normalized spacial score (nSPS) is 14.9. The SMILES string of the molecule is CS(=O)(=O)NCc1ccc(-c2cccc(NC(=O)C3(c4ccc(OC(F)(F)F)cc4)CC3)c2)cc1.[HH].[HH]. The predicted molar refractivity (Wildman–Crippen MR) is 130 cm³/mol. The topological polar surface area (TPSA) is 84.5 Å². The van der Waals surface area contributed by atoms with Gasteiger partial charge in [-0.25, -0.2) is 13.1 Å². The van der Waals surface area contributed by atoms with Gasteiger partial charge >= 0.3 is 6.36 Å². The Morgan fingerprint density at radius 2 is 1.66 bits per heavy atom. The van der Waals surface area contributed by atoms with Crippen molar-refractivity contribution in [1.29, 1.82) is 0 Å². The largest absolute Gasteiger partial charge is 0.573 e. The molecule has 0 radical (unpaired) electrons. The van der Waals surface area contributed by atoms with E-state index < -0.39 is 21.8 Å². The van der Waals surface area contributed by atoms with Gasteiger partial charge in [0.1, 0.15) is 5.75 Å². The summed E-state index contributed by atoms with van der Waals surface area (Å²) in [6, 6.07) is 20.1. The number of alkyl halides is 3. The van der Waals surface area contributed by atoms with E-state index in [4.69, 9.17) is 0 Å².